The molecule has 0 saturated heterocycles. The minimum atomic E-state index is 0.487. The third-order valence-electron chi connectivity index (χ3n) is 5.20. The van der Waals surface area contributed by atoms with Crippen LogP contribution < -0.4 is 11.3 Å². The molecule has 4 atom stereocenters. The molecule has 18 heavy (non-hydrogen) atoms. The van der Waals surface area contributed by atoms with Gasteiger partial charge in [0.15, 0.2) is 0 Å². The maximum absolute atomic E-state index is 5.75. The zero-order chi connectivity index (χ0) is 12.8. The second kappa shape index (κ2) is 7.16. The monoisotopic (exact) mass is 248 g/mol. The molecule has 0 heterocycles. The molecule has 4 unspecified atom stereocenters. The lowest BCUT2D eigenvalue weighted by Crippen LogP contribution is -2.44. The van der Waals surface area contributed by atoms with Gasteiger partial charge in [-0.05, 0) is 49.9 Å². The van der Waals surface area contributed by atoms with E-state index in [4.69, 9.17) is 12.3 Å². The fourth-order valence-electron chi connectivity index (χ4n) is 4.15. The molecule has 0 radical (unpaired) electrons. The topological polar surface area (TPSA) is 38.0 Å². The van der Waals surface area contributed by atoms with Crippen molar-refractivity contribution >= 4 is 0 Å². The van der Waals surface area contributed by atoms with Gasteiger partial charge in [-0.3, -0.25) is 11.3 Å². The summed E-state index contributed by atoms with van der Waals surface area (Å²) in [5, 5.41) is 0. The molecular formula is C16H28N2. The first-order valence-electron chi connectivity index (χ1n) is 7.74. The molecule has 2 aliphatic carbocycles. The van der Waals surface area contributed by atoms with Crippen LogP contribution in [0.3, 0.4) is 0 Å². The summed E-state index contributed by atoms with van der Waals surface area (Å²) in [7, 11) is 0. The molecule has 2 fully saturated rings. The summed E-state index contributed by atoms with van der Waals surface area (Å²) >= 11 is 0. The van der Waals surface area contributed by atoms with Crippen LogP contribution in [0.1, 0.15) is 64.2 Å². The van der Waals surface area contributed by atoms with Gasteiger partial charge in [0.25, 0.3) is 0 Å². The molecule has 0 aromatic heterocycles. The zero-order valence-corrected chi connectivity index (χ0v) is 11.5. The Morgan fingerprint density at radius 1 is 1.17 bits per heavy atom. The van der Waals surface area contributed by atoms with Crippen LogP contribution in [0.5, 0.6) is 0 Å². The quantitative estimate of drug-likeness (QED) is 0.339. The highest BCUT2D eigenvalue weighted by atomic mass is 15.2. The second-order valence-corrected chi connectivity index (χ2v) is 6.25. The van der Waals surface area contributed by atoms with Crippen LogP contribution in [0.15, 0.2) is 0 Å². The Morgan fingerprint density at radius 3 is 2.67 bits per heavy atom. The summed E-state index contributed by atoms with van der Waals surface area (Å²) in [4.78, 5) is 0. The van der Waals surface area contributed by atoms with Gasteiger partial charge in [0.05, 0.1) is 0 Å². The largest absolute Gasteiger partial charge is 0.271 e. The predicted molar refractivity (Wildman–Crippen MR) is 76.6 cm³/mol. The maximum Gasteiger partial charge on any atom is 0.0239 e. The van der Waals surface area contributed by atoms with E-state index < -0.39 is 0 Å². The SMILES string of the molecule is C#CCCCC(NN)C1CCC2CCCCC2C1. The van der Waals surface area contributed by atoms with Crippen LogP contribution in [-0.4, -0.2) is 6.04 Å². The van der Waals surface area contributed by atoms with Crippen LogP contribution >= 0.6 is 0 Å². The summed E-state index contributed by atoms with van der Waals surface area (Å²) in [6, 6.07) is 0.487. The summed E-state index contributed by atoms with van der Waals surface area (Å²) in [6.45, 7) is 0. The van der Waals surface area contributed by atoms with Crippen molar-refractivity contribution in [2.45, 2.75) is 70.3 Å². The number of nitrogens with two attached hydrogens (primary N) is 1. The highest BCUT2D eigenvalue weighted by Crippen LogP contribution is 2.43. The number of hydrogen-bond acceptors (Lipinski definition) is 2. The van der Waals surface area contributed by atoms with Crippen molar-refractivity contribution in [3.63, 3.8) is 0 Å². The number of hydrogen-bond donors (Lipinski definition) is 2. The zero-order valence-electron chi connectivity index (χ0n) is 11.5. The van der Waals surface area contributed by atoms with Gasteiger partial charge >= 0.3 is 0 Å². The first-order chi connectivity index (χ1) is 8.85. The van der Waals surface area contributed by atoms with Gasteiger partial charge in [-0.1, -0.05) is 25.7 Å². The van der Waals surface area contributed by atoms with E-state index in [9.17, 15) is 0 Å². The first kappa shape index (κ1) is 13.9. The molecule has 0 amide bonds. The van der Waals surface area contributed by atoms with Crippen LogP contribution in [0.2, 0.25) is 0 Å². The van der Waals surface area contributed by atoms with Crippen molar-refractivity contribution in [1.29, 1.82) is 0 Å². The molecule has 3 N–H and O–H groups in total. The van der Waals surface area contributed by atoms with Crippen molar-refractivity contribution in [2.75, 3.05) is 0 Å². The predicted octanol–water partition coefficient (Wildman–Crippen LogP) is 3.23. The molecule has 0 aromatic carbocycles. The van der Waals surface area contributed by atoms with Crippen LogP contribution in [0.25, 0.3) is 0 Å². The average molecular weight is 248 g/mol. The van der Waals surface area contributed by atoms with E-state index in [1.54, 1.807) is 0 Å². The molecule has 0 aliphatic heterocycles. The lowest BCUT2D eigenvalue weighted by molar-refractivity contribution is 0.107. The Hall–Kier alpha value is -0.520. The average Bonchev–Trinajstić information content (AvgIpc) is 2.43. The number of hydrazine groups is 1. The lowest BCUT2D eigenvalue weighted by Gasteiger charge is -2.41. The summed E-state index contributed by atoms with van der Waals surface area (Å²) in [5.74, 6) is 11.3. The number of fused-ring (bicyclic) bond motifs is 1. The van der Waals surface area contributed by atoms with E-state index in [0.29, 0.717) is 6.04 Å². The Labute approximate surface area is 112 Å². The Kier molecular flexibility index (Phi) is 5.53. The fourth-order valence-corrected chi connectivity index (χ4v) is 4.15. The van der Waals surface area contributed by atoms with E-state index in [2.05, 4.69) is 11.3 Å². The molecule has 2 saturated carbocycles. The molecule has 2 heteroatoms. The second-order valence-electron chi connectivity index (χ2n) is 6.25. The third kappa shape index (κ3) is 3.49. The molecular weight excluding hydrogens is 220 g/mol. The summed E-state index contributed by atoms with van der Waals surface area (Å²) in [6.07, 6.45) is 18.5. The van der Waals surface area contributed by atoms with Crippen LogP contribution in [0.4, 0.5) is 0 Å². The first-order valence-corrected chi connectivity index (χ1v) is 7.74. The minimum Gasteiger partial charge on any atom is -0.271 e. The Balaban J connectivity index is 1.82. The number of unbranched alkanes of at least 4 members (excludes halogenated alkanes) is 1. The van der Waals surface area contributed by atoms with Crippen LogP contribution in [0, 0.1) is 30.1 Å². The van der Waals surface area contributed by atoms with Gasteiger partial charge in [-0.2, -0.15) is 0 Å². The molecule has 2 rings (SSSR count). The highest BCUT2D eigenvalue weighted by molar-refractivity contribution is 4.89. The van der Waals surface area contributed by atoms with Gasteiger partial charge in [-0.25, -0.2) is 0 Å². The van der Waals surface area contributed by atoms with E-state index in [0.717, 1.165) is 37.0 Å². The Bertz CT molecular complexity index is 281. The van der Waals surface area contributed by atoms with Gasteiger partial charge in [0.1, 0.15) is 0 Å². The van der Waals surface area contributed by atoms with Crippen molar-refractivity contribution in [2.24, 2.45) is 23.6 Å². The van der Waals surface area contributed by atoms with E-state index in [1.165, 1.54) is 44.9 Å². The number of terminal acetylenes is 1. The van der Waals surface area contributed by atoms with E-state index in [1.807, 2.05) is 0 Å². The smallest absolute Gasteiger partial charge is 0.0239 e. The van der Waals surface area contributed by atoms with E-state index in [-0.39, 0.29) is 0 Å². The van der Waals surface area contributed by atoms with Crippen molar-refractivity contribution < 1.29 is 0 Å². The van der Waals surface area contributed by atoms with Crippen molar-refractivity contribution in [3.8, 4) is 12.3 Å². The fraction of sp³-hybridized carbons (Fsp3) is 0.875. The number of rotatable bonds is 5. The van der Waals surface area contributed by atoms with Gasteiger partial charge in [0, 0.05) is 12.5 Å². The van der Waals surface area contributed by atoms with Gasteiger partial charge in [0.2, 0.25) is 0 Å². The van der Waals surface area contributed by atoms with Crippen molar-refractivity contribution in [1.82, 2.24) is 5.43 Å². The molecule has 102 valence electrons. The summed E-state index contributed by atoms with van der Waals surface area (Å²) < 4.78 is 0. The maximum atomic E-state index is 5.75. The Morgan fingerprint density at radius 2 is 1.94 bits per heavy atom. The van der Waals surface area contributed by atoms with Gasteiger partial charge in [-0.15, -0.1) is 12.3 Å². The normalized spacial score (nSPS) is 33.4. The summed E-state index contributed by atoms with van der Waals surface area (Å²) in [5.41, 5.74) is 3.06. The highest BCUT2D eigenvalue weighted by Gasteiger charge is 2.34. The van der Waals surface area contributed by atoms with Crippen LogP contribution in [-0.2, 0) is 0 Å². The standard InChI is InChI=1S/C16H28N2/c1-2-3-4-9-16(18-17)15-11-10-13-7-5-6-8-14(13)12-15/h1,13-16,18H,3-12,17H2. The molecule has 2 nitrogen and oxygen atoms in total. The molecule has 0 bridgehead atoms. The lowest BCUT2D eigenvalue weighted by atomic mass is 9.66. The third-order valence-corrected chi connectivity index (χ3v) is 5.20. The van der Waals surface area contributed by atoms with E-state index >= 15 is 0 Å². The molecule has 0 aromatic rings. The van der Waals surface area contributed by atoms with Gasteiger partial charge < -0.3 is 0 Å². The molecule has 2 aliphatic rings. The van der Waals surface area contributed by atoms with Crippen molar-refractivity contribution in [3.05, 3.63) is 0 Å². The number of nitrogens with one attached hydrogen (secondary N) is 1. The minimum absolute atomic E-state index is 0.487. The molecule has 0 spiro atoms.